The van der Waals surface area contributed by atoms with Gasteiger partial charge in [0.05, 0.1) is 5.41 Å². The molecule has 1 fully saturated rings. The maximum Gasteiger partial charge on any atom is 0.231 e. The van der Waals surface area contributed by atoms with Crippen molar-refractivity contribution in [1.29, 1.82) is 0 Å². The predicted molar refractivity (Wildman–Crippen MR) is 106 cm³/mol. The van der Waals surface area contributed by atoms with Crippen LogP contribution in [0.2, 0.25) is 0 Å². The number of pyridine rings is 1. The molecule has 3 heterocycles. The van der Waals surface area contributed by atoms with E-state index in [2.05, 4.69) is 34.5 Å². The minimum atomic E-state index is -0.558. The number of carbonyl (C=O) groups excluding carboxylic acids is 1. The smallest absolute Gasteiger partial charge is 0.231 e. The lowest BCUT2D eigenvalue weighted by molar-refractivity contribution is -0.130. The highest BCUT2D eigenvalue weighted by molar-refractivity contribution is 5.88. The van der Waals surface area contributed by atoms with Gasteiger partial charge in [-0.15, -0.1) is 0 Å². The molecule has 1 saturated heterocycles. The van der Waals surface area contributed by atoms with Gasteiger partial charge in [-0.2, -0.15) is 5.10 Å². The second-order valence-electron chi connectivity index (χ2n) is 7.13. The summed E-state index contributed by atoms with van der Waals surface area (Å²) in [6.45, 7) is 3.65. The molecule has 6 nitrogen and oxygen atoms in total. The summed E-state index contributed by atoms with van der Waals surface area (Å²) < 4.78 is 7.28. The molecule has 0 saturated carbocycles. The summed E-state index contributed by atoms with van der Waals surface area (Å²) in [5.41, 5.74) is 2.59. The Labute approximate surface area is 164 Å². The number of hydrogen-bond acceptors (Lipinski definition) is 4. The van der Waals surface area contributed by atoms with Crippen LogP contribution in [0.25, 0.3) is 5.82 Å². The van der Waals surface area contributed by atoms with E-state index in [-0.39, 0.29) is 5.91 Å². The summed E-state index contributed by atoms with van der Waals surface area (Å²) in [5, 5.41) is 7.42. The number of nitrogens with one attached hydrogen (secondary N) is 1. The third-order valence-electron chi connectivity index (χ3n) is 5.47. The van der Waals surface area contributed by atoms with Crippen molar-refractivity contribution in [2.45, 2.75) is 31.7 Å². The molecule has 0 atom stereocenters. The van der Waals surface area contributed by atoms with Gasteiger partial charge in [0.15, 0.2) is 5.82 Å². The van der Waals surface area contributed by atoms with E-state index >= 15 is 0 Å². The highest BCUT2D eigenvalue weighted by atomic mass is 16.5. The normalized spacial score (nSPS) is 15.9. The fourth-order valence-electron chi connectivity index (χ4n) is 3.96. The van der Waals surface area contributed by atoms with E-state index in [1.54, 1.807) is 17.1 Å². The predicted octanol–water partition coefficient (Wildman–Crippen LogP) is 2.94. The Bertz CT molecular complexity index is 947. The molecular weight excluding hydrogens is 352 g/mol. The summed E-state index contributed by atoms with van der Waals surface area (Å²) in [5.74, 6) is 0.769. The topological polar surface area (TPSA) is 69.0 Å². The second-order valence-corrected chi connectivity index (χ2v) is 7.13. The molecule has 0 spiro atoms. The van der Waals surface area contributed by atoms with Gasteiger partial charge in [0.1, 0.15) is 0 Å². The Morgan fingerprint density at radius 3 is 2.71 bits per heavy atom. The van der Waals surface area contributed by atoms with Gasteiger partial charge >= 0.3 is 0 Å². The van der Waals surface area contributed by atoms with Crippen molar-refractivity contribution in [1.82, 2.24) is 20.1 Å². The Balaban J connectivity index is 1.60. The first-order chi connectivity index (χ1) is 13.7. The van der Waals surface area contributed by atoms with Crippen LogP contribution in [0.1, 0.15) is 29.5 Å². The first-order valence-electron chi connectivity index (χ1n) is 9.57. The van der Waals surface area contributed by atoms with Gasteiger partial charge in [-0.25, -0.2) is 9.67 Å². The molecule has 3 aromatic rings. The average Bonchev–Trinajstić information content (AvgIpc) is 3.28. The molecule has 0 radical (unpaired) electrons. The van der Waals surface area contributed by atoms with Crippen LogP contribution in [0.5, 0.6) is 0 Å². The molecule has 144 valence electrons. The third kappa shape index (κ3) is 3.43. The van der Waals surface area contributed by atoms with Crippen LogP contribution in [-0.4, -0.2) is 33.9 Å². The Morgan fingerprint density at radius 1 is 1.14 bits per heavy atom. The van der Waals surface area contributed by atoms with Crippen molar-refractivity contribution in [2.24, 2.45) is 0 Å². The first kappa shape index (κ1) is 18.4. The molecule has 0 bridgehead atoms. The highest BCUT2D eigenvalue weighted by Gasteiger charge is 2.42. The molecule has 1 aliphatic rings. The fourth-order valence-corrected chi connectivity index (χ4v) is 3.96. The quantitative estimate of drug-likeness (QED) is 0.743. The zero-order valence-corrected chi connectivity index (χ0v) is 16.0. The molecule has 2 aromatic heterocycles. The van der Waals surface area contributed by atoms with Crippen LogP contribution >= 0.6 is 0 Å². The summed E-state index contributed by atoms with van der Waals surface area (Å²) in [7, 11) is 0. The van der Waals surface area contributed by atoms with Gasteiger partial charge in [0.25, 0.3) is 0 Å². The maximum absolute atomic E-state index is 13.4. The molecule has 0 aliphatic carbocycles. The van der Waals surface area contributed by atoms with Crippen molar-refractivity contribution in [2.75, 3.05) is 13.2 Å². The van der Waals surface area contributed by atoms with Crippen LogP contribution in [0.4, 0.5) is 0 Å². The standard InChI is InChI=1S/C22H24N4O2/c1-17-6-2-3-8-19(17)22(9-14-28-15-10-22)21(27)24-16-18-7-4-11-23-20(18)26-13-5-12-25-26/h2-8,11-13H,9-10,14-16H2,1H3,(H,24,27). The van der Waals surface area contributed by atoms with Crippen molar-refractivity contribution in [3.63, 3.8) is 0 Å². The van der Waals surface area contributed by atoms with Gasteiger partial charge in [-0.1, -0.05) is 30.3 Å². The molecule has 1 N–H and O–H groups in total. The summed E-state index contributed by atoms with van der Waals surface area (Å²) >= 11 is 0. The Hall–Kier alpha value is -2.99. The van der Waals surface area contributed by atoms with E-state index in [1.165, 1.54) is 0 Å². The van der Waals surface area contributed by atoms with E-state index in [9.17, 15) is 4.79 Å². The van der Waals surface area contributed by atoms with E-state index < -0.39 is 5.41 Å². The van der Waals surface area contributed by atoms with Crippen LogP contribution in [0, 0.1) is 6.92 Å². The van der Waals surface area contributed by atoms with Crippen LogP contribution < -0.4 is 5.32 Å². The number of carbonyl (C=O) groups is 1. The Morgan fingerprint density at radius 2 is 1.96 bits per heavy atom. The zero-order chi connectivity index (χ0) is 19.4. The molecule has 1 aliphatic heterocycles. The van der Waals surface area contributed by atoms with Gasteiger partial charge in [0, 0.05) is 43.9 Å². The largest absolute Gasteiger partial charge is 0.381 e. The van der Waals surface area contributed by atoms with E-state index in [0.29, 0.717) is 32.6 Å². The van der Waals surface area contributed by atoms with Crippen molar-refractivity contribution in [3.8, 4) is 5.82 Å². The number of rotatable bonds is 5. The molecule has 0 unspecified atom stereocenters. The monoisotopic (exact) mass is 376 g/mol. The van der Waals surface area contributed by atoms with E-state index in [0.717, 1.165) is 22.5 Å². The van der Waals surface area contributed by atoms with Crippen LogP contribution in [0.15, 0.2) is 61.1 Å². The minimum Gasteiger partial charge on any atom is -0.381 e. The number of amides is 1. The molecule has 28 heavy (non-hydrogen) atoms. The maximum atomic E-state index is 13.4. The SMILES string of the molecule is Cc1ccccc1C1(C(=O)NCc2cccnc2-n2cccn2)CCOCC1. The summed E-state index contributed by atoms with van der Waals surface area (Å²) in [6, 6.07) is 13.8. The van der Waals surface area contributed by atoms with Gasteiger partial charge in [-0.3, -0.25) is 4.79 Å². The van der Waals surface area contributed by atoms with E-state index in [4.69, 9.17) is 4.74 Å². The summed E-state index contributed by atoms with van der Waals surface area (Å²) in [4.78, 5) is 17.9. The number of hydrogen-bond donors (Lipinski definition) is 1. The van der Waals surface area contributed by atoms with Crippen molar-refractivity contribution >= 4 is 5.91 Å². The molecule has 1 amide bonds. The van der Waals surface area contributed by atoms with E-state index in [1.807, 2.05) is 36.5 Å². The number of nitrogens with zero attached hydrogens (tertiary/aromatic N) is 3. The lowest BCUT2D eigenvalue weighted by Gasteiger charge is -2.37. The lowest BCUT2D eigenvalue weighted by Crippen LogP contribution is -2.48. The van der Waals surface area contributed by atoms with Crippen LogP contribution in [-0.2, 0) is 21.5 Å². The molecule has 1 aromatic carbocycles. The van der Waals surface area contributed by atoms with Gasteiger partial charge in [-0.05, 0) is 43.0 Å². The third-order valence-corrected chi connectivity index (χ3v) is 5.47. The Kier molecular flexibility index (Phi) is 5.21. The second kappa shape index (κ2) is 7.94. The van der Waals surface area contributed by atoms with Crippen LogP contribution in [0.3, 0.4) is 0 Å². The number of ether oxygens (including phenoxy) is 1. The summed E-state index contributed by atoms with van der Waals surface area (Å²) in [6.07, 6.45) is 6.66. The first-order valence-corrected chi connectivity index (χ1v) is 9.57. The van der Waals surface area contributed by atoms with Crippen molar-refractivity contribution < 1.29 is 9.53 Å². The van der Waals surface area contributed by atoms with Gasteiger partial charge in [0.2, 0.25) is 5.91 Å². The number of benzene rings is 1. The van der Waals surface area contributed by atoms with Gasteiger partial charge < -0.3 is 10.1 Å². The molecule has 4 rings (SSSR count). The average molecular weight is 376 g/mol. The number of aromatic nitrogens is 3. The zero-order valence-electron chi connectivity index (χ0n) is 16.0. The van der Waals surface area contributed by atoms with Crippen molar-refractivity contribution in [3.05, 3.63) is 77.7 Å². The highest BCUT2D eigenvalue weighted by Crippen LogP contribution is 2.37. The lowest BCUT2D eigenvalue weighted by atomic mass is 9.71. The number of aryl methyl sites for hydroxylation is 1. The minimum absolute atomic E-state index is 0.0420. The molecule has 6 heteroatoms. The molecular formula is C22H24N4O2. The fraction of sp³-hybridized carbons (Fsp3) is 0.318.